The zero-order valence-corrected chi connectivity index (χ0v) is 19.0. The van der Waals surface area contributed by atoms with Crippen molar-refractivity contribution in [1.82, 2.24) is 5.43 Å². The summed E-state index contributed by atoms with van der Waals surface area (Å²) >= 11 is 3.39. The topological polar surface area (TPSA) is 77.0 Å². The van der Waals surface area contributed by atoms with Gasteiger partial charge >= 0.3 is 5.97 Å². The monoisotopic (exact) mass is 502 g/mol. The Morgan fingerprint density at radius 2 is 1.64 bits per heavy atom. The number of esters is 1. The molecular formula is C26H19BrN2O4. The average molecular weight is 503 g/mol. The number of carbonyl (C=O) groups is 2. The van der Waals surface area contributed by atoms with Gasteiger partial charge in [-0.05, 0) is 53.2 Å². The van der Waals surface area contributed by atoms with Gasteiger partial charge < -0.3 is 9.47 Å². The summed E-state index contributed by atoms with van der Waals surface area (Å²) in [5, 5.41) is 6.09. The molecule has 7 heteroatoms. The summed E-state index contributed by atoms with van der Waals surface area (Å²) in [5.41, 5.74) is 3.37. The highest BCUT2D eigenvalue weighted by atomic mass is 79.9. The van der Waals surface area contributed by atoms with Crippen molar-refractivity contribution in [2.75, 3.05) is 6.61 Å². The Morgan fingerprint density at radius 3 is 2.45 bits per heavy atom. The number of carbonyl (C=O) groups excluding carboxylic acids is 2. The molecule has 33 heavy (non-hydrogen) atoms. The van der Waals surface area contributed by atoms with Gasteiger partial charge in [-0.1, -0.05) is 64.5 Å². The first-order chi connectivity index (χ1) is 16.1. The number of hydrogen-bond donors (Lipinski definition) is 1. The summed E-state index contributed by atoms with van der Waals surface area (Å²) in [5.74, 6) is 0.00465. The summed E-state index contributed by atoms with van der Waals surface area (Å²) in [6, 6.07) is 27.3. The first-order valence-electron chi connectivity index (χ1n) is 10.1. The summed E-state index contributed by atoms with van der Waals surface area (Å²) in [6.45, 7) is -0.190. The van der Waals surface area contributed by atoms with Crippen LogP contribution < -0.4 is 14.9 Å². The van der Waals surface area contributed by atoms with Crippen LogP contribution in [0.25, 0.3) is 10.8 Å². The van der Waals surface area contributed by atoms with Gasteiger partial charge in [0, 0.05) is 10.0 Å². The Bertz CT molecular complexity index is 1320. The fraction of sp³-hybridized carbons (Fsp3) is 0.0385. The van der Waals surface area contributed by atoms with Gasteiger partial charge in [0.2, 0.25) is 0 Å². The molecule has 0 aromatic heterocycles. The molecule has 0 atom stereocenters. The minimum atomic E-state index is -0.486. The highest BCUT2D eigenvalue weighted by Gasteiger charge is 2.11. The van der Waals surface area contributed by atoms with Crippen LogP contribution in [0.3, 0.4) is 0 Å². The number of nitrogens with one attached hydrogen (secondary N) is 1. The minimum Gasteiger partial charge on any atom is -0.484 e. The molecule has 0 spiro atoms. The number of hydrazone groups is 1. The third-order valence-electron chi connectivity index (χ3n) is 4.67. The number of fused-ring (bicyclic) bond motifs is 1. The van der Waals surface area contributed by atoms with Crippen molar-refractivity contribution in [3.63, 3.8) is 0 Å². The van der Waals surface area contributed by atoms with E-state index < -0.39 is 11.9 Å². The molecule has 4 aromatic carbocycles. The van der Waals surface area contributed by atoms with E-state index in [2.05, 4.69) is 26.5 Å². The van der Waals surface area contributed by atoms with Crippen molar-refractivity contribution in [1.29, 1.82) is 0 Å². The largest absolute Gasteiger partial charge is 0.484 e. The number of benzene rings is 4. The maximum absolute atomic E-state index is 12.4. The third kappa shape index (κ3) is 6.05. The fourth-order valence-corrected chi connectivity index (χ4v) is 3.44. The van der Waals surface area contributed by atoms with Crippen molar-refractivity contribution in [3.8, 4) is 11.5 Å². The standard InChI is InChI=1S/C26H19BrN2O4/c27-22-11-13-24(33-26(31)19-7-2-1-3-8-19)21(14-22)16-28-29-25(30)17-32-23-12-10-18-6-4-5-9-20(18)15-23/h1-16H,17H2,(H,29,30). The van der Waals surface area contributed by atoms with Crippen LogP contribution in [0.15, 0.2) is 101 Å². The number of halogens is 1. The van der Waals surface area contributed by atoms with Gasteiger partial charge in [0.05, 0.1) is 11.8 Å². The number of amides is 1. The van der Waals surface area contributed by atoms with E-state index in [0.717, 1.165) is 15.2 Å². The van der Waals surface area contributed by atoms with E-state index >= 15 is 0 Å². The molecule has 0 unspecified atom stereocenters. The van der Waals surface area contributed by atoms with Crippen molar-refractivity contribution in [2.24, 2.45) is 5.10 Å². The zero-order chi connectivity index (χ0) is 23.0. The van der Waals surface area contributed by atoms with Gasteiger partial charge in [-0.2, -0.15) is 5.10 Å². The van der Waals surface area contributed by atoms with Gasteiger partial charge in [-0.25, -0.2) is 10.2 Å². The van der Waals surface area contributed by atoms with Gasteiger partial charge in [-0.15, -0.1) is 0 Å². The molecule has 4 aromatic rings. The lowest BCUT2D eigenvalue weighted by molar-refractivity contribution is -0.123. The maximum Gasteiger partial charge on any atom is 0.343 e. The number of nitrogens with zero attached hydrogens (tertiary/aromatic N) is 1. The van der Waals surface area contributed by atoms with Gasteiger partial charge in [0.25, 0.3) is 5.91 Å². The second kappa shape index (κ2) is 10.6. The predicted molar refractivity (Wildman–Crippen MR) is 131 cm³/mol. The molecule has 0 aliphatic rings. The highest BCUT2D eigenvalue weighted by Crippen LogP contribution is 2.23. The first kappa shape index (κ1) is 22.2. The molecule has 0 bridgehead atoms. The molecule has 0 aliphatic carbocycles. The number of ether oxygens (including phenoxy) is 2. The summed E-state index contributed by atoms with van der Waals surface area (Å²) in [6.07, 6.45) is 1.41. The van der Waals surface area contributed by atoms with Crippen molar-refractivity contribution in [2.45, 2.75) is 0 Å². The van der Waals surface area contributed by atoms with E-state index in [1.165, 1.54) is 6.21 Å². The average Bonchev–Trinajstić information content (AvgIpc) is 2.84. The SMILES string of the molecule is O=C(COc1ccc2ccccc2c1)NN=Cc1cc(Br)ccc1OC(=O)c1ccccc1. The van der Waals surface area contributed by atoms with Crippen LogP contribution in [0.5, 0.6) is 11.5 Å². The molecule has 0 saturated heterocycles. The number of rotatable bonds is 7. The lowest BCUT2D eigenvalue weighted by Gasteiger charge is -2.08. The Labute approximate surface area is 199 Å². The lowest BCUT2D eigenvalue weighted by atomic mass is 10.1. The van der Waals surface area contributed by atoms with Crippen LogP contribution in [-0.4, -0.2) is 24.7 Å². The van der Waals surface area contributed by atoms with Crippen molar-refractivity contribution < 1.29 is 19.1 Å². The molecule has 164 valence electrons. The van der Waals surface area contributed by atoms with E-state index in [-0.39, 0.29) is 6.61 Å². The highest BCUT2D eigenvalue weighted by molar-refractivity contribution is 9.10. The maximum atomic E-state index is 12.4. The van der Waals surface area contributed by atoms with Crippen molar-refractivity contribution >= 4 is 44.8 Å². The van der Waals surface area contributed by atoms with Crippen LogP contribution >= 0.6 is 15.9 Å². The Morgan fingerprint density at radius 1 is 0.879 bits per heavy atom. The third-order valence-corrected chi connectivity index (χ3v) is 5.16. The molecule has 0 aliphatic heterocycles. The molecule has 0 heterocycles. The molecule has 6 nitrogen and oxygen atoms in total. The summed E-state index contributed by atoms with van der Waals surface area (Å²) < 4.78 is 11.8. The van der Waals surface area contributed by atoms with Crippen LogP contribution in [0.1, 0.15) is 15.9 Å². The number of hydrogen-bond acceptors (Lipinski definition) is 5. The fourth-order valence-electron chi connectivity index (χ4n) is 3.06. The lowest BCUT2D eigenvalue weighted by Crippen LogP contribution is -2.24. The predicted octanol–water partition coefficient (Wildman–Crippen LogP) is 5.35. The molecule has 4 rings (SSSR count). The molecule has 0 radical (unpaired) electrons. The van der Waals surface area contributed by atoms with Crippen LogP contribution in [-0.2, 0) is 4.79 Å². The summed E-state index contributed by atoms with van der Waals surface area (Å²) in [7, 11) is 0. The quantitative estimate of drug-likeness (QED) is 0.160. The van der Waals surface area contributed by atoms with E-state index in [1.54, 1.807) is 42.5 Å². The van der Waals surface area contributed by atoms with E-state index in [1.807, 2.05) is 48.5 Å². The molecule has 1 amide bonds. The minimum absolute atomic E-state index is 0.190. The molecule has 0 saturated carbocycles. The molecular weight excluding hydrogens is 484 g/mol. The van der Waals surface area contributed by atoms with Crippen LogP contribution in [0.2, 0.25) is 0 Å². The molecule has 0 fully saturated rings. The van der Waals surface area contributed by atoms with Crippen LogP contribution in [0, 0.1) is 0 Å². The van der Waals surface area contributed by atoms with Gasteiger partial charge in [0.15, 0.2) is 6.61 Å². The van der Waals surface area contributed by atoms with E-state index in [4.69, 9.17) is 9.47 Å². The molecule has 1 N–H and O–H groups in total. The van der Waals surface area contributed by atoms with Crippen LogP contribution in [0.4, 0.5) is 0 Å². The van der Waals surface area contributed by atoms with Crippen molar-refractivity contribution in [3.05, 3.63) is 107 Å². The Hall–Kier alpha value is -3.97. The van der Waals surface area contributed by atoms with Gasteiger partial charge in [0.1, 0.15) is 11.5 Å². The smallest absolute Gasteiger partial charge is 0.343 e. The van der Waals surface area contributed by atoms with Gasteiger partial charge in [-0.3, -0.25) is 4.79 Å². The Balaban J connectivity index is 1.36. The zero-order valence-electron chi connectivity index (χ0n) is 17.4. The second-order valence-corrected chi connectivity index (χ2v) is 7.94. The first-order valence-corrected chi connectivity index (χ1v) is 10.9. The second-order valence-electron chi connectivity index (χ2n) is 7.03. The normalized spacial score (nSPS) is 10.8. The van der Waals surface area contributed by atoms with E-state index in [0.29, 0.717) is 22.6 Å². The summed E-state index contributed by atoms with van der Waals surface area (Å²) in [4.78, 5) is 24.5. The van der Waals surface area contributed by atoms with E-state index in [9.17, 15) is 9.59 Å². The Kier molecular flexibility index (Phi) is 7.12.